The lowest BCUT2D eigenvalue weighted by atomic mass is 10.2. The Morgan fingerprint density at radius 3 is 3.18 bits per heavy atom. The number of nitrogens with one attached hydrogen (secondary N) is 1. The highest BCUT2D eigenvalue weighted by molar-refractivity contribution is 7.07. The van der Waals surface area contributed by atoms with E-state index in [0.29, 0.717) is 5.65 Å². The standard InChI is InChI=1S/C10H10N6S/c1-2-10-12-14-15-16(10)13-9(1)11-5-3-8-4-6-17-7-8/h1-2,4,6-7H,3,5H2,(H,11,13). The summed E-state index contributed by atoms with van der Waals surface area (Å²) in [5, 5.41) is 22.8. The van der Waals surface area contributed by atoms with Gasteiger partial charge in [0.2, 0.25) is 0 Å². The molecule has 0 saturated heterocycles. The summed E-state index contributed by atoms with van der Waals surface area (Å²) in [6.45, 7) is 0.845. The third kappa shape index (κ3) is 2.23. The molecule has 17 heavy (non-hydrogen) atoms. The number of tetrazole rings is 1. The average Bonchev–Trinajstić information content (AvgIpc) is 2.98. The highest BCUT2D eigenvalue weighted by Gasteiger charge is 2.00. The molecule has 0 amide bonds. The fourth-order valence-electron chi connectivity index (χ4n) is 1.51. The molecule has 0 unspecified atom stereocenters. The van der Waals surface area contributed by atoms with Crippen LogP contribution in [0, 0.1) is 0 Å². The molecule has 0 spiro atoms. The van der Waals surface area contributed by atoms with Gasteiger partial charge in [-0.15, -0.1) is 14.8 Å². The molecule has 0 bridgehead atoms. The Bertz CT molecular complexity index is 602. The van der Waals surface area contributed by atoms with Gasteiger partial charge in [0.05, 0.1) is 0 Å². The number of anilines is 1. The summed E-state index contributed by atoms with van der Waals surface area (Å²) in [5.74, 6) is 0.778. The van der Waals surface area contributed by atoms with Gasteiger partial charge in [0.1, 0.15) is 5.82 Å². The minimum atomic E-state index is 0.647. The van der Waals surface area contributed by atoms with Gasteiger partial charge in [-0.25, -0.2) is 0 Å². The lowest BCUT2D eigenvalue weighted by Crippen LogP contribution is -2.08. The number of hydrogen-bond acceptors (Lipinski definition) is 6. The Balaban J connectivity index is 1.64. The maximum Gasteiger partial charge on any atom is 0.200 e. The van der Waals surface area contributed by atoms with Crippen LogP contribution in [0.3, 0.4) is 0 Å². The minimum Gasteiger partial charge on any atom is -0.368 e. The van der Waals surface area contributed by atoms with Crippen molar-refractivity contribution in [1.29, 1.82) is 0 Å². The Morgan fingerprint density at radius 2 is 2.29 bits per heavy atom. The van der Waals surface area contributed by atoms with E-state index in [-0.39, 0.29) is 0 Å². The third-order valence-corrected chi connectivity index (χ3v) is 3.10. The largest absolute Gasteiger partial charge is 0.368 e. The Morgan fingerprint density at radius 1 is 1.29 bits per heavy atom. The van der Waals surface area contributed by atoms with Gasteiger partial charge in [0.15, 0.2) is 5.65 Å². The zero-order valence-corrected chi connectivity index (χ0v) is 9.76. The summed E-state index contributed by atoms with van der Waals surface area (Å²) < 4.78 is 1.41. The summed E-state index contributed by atoms with van der Waals surface area (Å²) >= 11 is 1.71. The maximum atomic E-state index is 4.23. The van der Waals surface area contributed by atoms with Crippen LogP contribution in [0.15, 0.2) is 29.0 Å². The van der Waals surface area contributed by atoms with Crippen LogP contribution in [0.4, 0.5) is 5.82 Å². The molecule has 0 aliphatic rings. The van der Waals surface area contributed by atoms with E-state index in [1.807, 2.05) is 12.1 Å². The molecule has 0 aliphatic carbocycles. The highest BCUT2D eigenvalue weighted by atomic mass is 32.1. The van der Waals surface area contributed by atoms with Crippen LogP contribution in [0.25, 0.3) is 5.65 Å². The number of fused-ring (bicyclic) bond motifs is 1. The summed E-state index contributed by atoms with van der Waals surface area (Å²) in [4.78, 5) is 0. The molecule has 0 aliphatic heterocycles. The van der Waals surface area contributed by atoms with Crippen LogP contribution in [-0.4, -0.2) is 31.8 Å². The van der Waals surface area contributed by atoms with Crippen molar-refractivity contribution < 1.29 is 0 Å². The molecule has 0 saturated carbocycles. The van der Waals surface area contributed by atoms with E-state index in [9.17, 15) is 0 Å². The van der Waals surface area contributed by atoms with Gasteiger partial charge in [0, 0.05) is 6.54 Å². The van der Waals surface area contributed by atoms with Crippen LogP contribution in [-0.2, 0) is 6.42 Å². The molecule has 7 heteroatoms. The van der Waals surface area contributed by atoms with Crippen molar-refractivity contribution in [2.45, 2.75) is 6.42 Å². The molecule has 3 heterocycles. The molecule has 1 N–H and O–H groups in total. The van der Waals surface area contributed by atoms with Gasteiger partial charge in [-0.2, -0.15) is 11.3 Å². The predicted molar refractivity (Wildman–Crippen MR) is 65.1 cm³/mol. The van der Waals surface area contributed by atoms with Gasteiger partial charge >= 0.3 is 0 Å². The Kier molecular flexibility index (Phi) is 2.66. The molecule has 0 fully saturated rings. The normalized spacial score (nSPS) is 10.8. The van der Waals surface area contributed by atoms with E-state index in [0.717, 1.165) is 18.8 Å². The predicted octanol–water partition coefficient (Wildman–Crippen LogP) is 1.24. The van der Waals surface area contributed by atoms with Crippen LogP contribution >= 0.6 is 11.3 Å². The van der Waals surface area contributed by atoms with Crippen molar-refractivity contribution in [3.63, 3.8) is 0 Å². The fourth-order valence-corrected chi connectivity index (χ4v) is 2.22. The number of aromatic nitrogens is 5. The second-order valence-electron chi connectivity index (χ2n) is 3.55. The summed E-state index contributed by atoms with van der Waals surface area (Å²) in [5.41, 5.74) is 1.99. The van der Waals surface area contributed by atoms with E-state index in [2.05, 4.69) is 42.8 Å². The molecular weight excluding hydrogens is 236 g/mol. The van der Waals surface area contributed by atoms with Crippen molar-refractivity contribution in [3.05, 3.63) is 34.5 Å². The number of nitrogens with zero attached hydrogens (tertiary/aromatic N) is 5. The van der Waals surface area contributed by atoms with Crippen LogP contribution in [0.1, 0.15) is 5.56 Å². The van der Waals surface area contributed by atoms with Gasteiger partial charge in [0.25, 0.3) is 0 Å². The van der Waals surface area contributed by atoms with E-state index in [1.54, 1.807) is 11.3 Å². The average molecular weight is 246 g/mol. The van der Waals surface area contributed by atoms with Crippen LogP contribution < -0.4 is 5.32 Å². The Labute approximate surface area is 101 Å². The summed E-state index contributed by atoms with van der Waals surface area (Å²) in [6.07, 6.45) is 0.985. The van der Waals surface area contributed by atoms with Crippen LogP contribution in [0.5, 0.6) is 0 Å². The smallest absolute Gasteiger partial charge is 0.200 e. The summed E-state index contributed by atoms with van der Waals surface area (Å²) in [7, 11) is 0. The first-order valence-electron chi connectivity index (χ1n) is 5.22. The topological polar surface area (TPSA) is 68.0 Å². The van der Waals surface area contributed by atoms with Crippen molar-refractivity contribution in [2.24, 2.45) is 0 Å². The van der Waals surface area contributed by atoms with E-state index in [1.165, 1.54) is 10.2 Å². The molecular formula is C10H10N6S. The number of hydrogen-bond donors (Lipinski definition) is 1. The van der Waals surface area contributed by atoms with Gasteiger partial charge in [-0.1, -0.05) is 0 Å². The van der Waals surface area contributed by atoms with Gasteiger partial charge in [-0.05, 0) is 51.4 Å². The molecule has 0 atom stereocenters. The highest BCUT2D eigenvalue weighted by Crippen LogP contribution is 2.07. The monoisotopic (exact) mass is 246 g/mol. The molecule has 3 aromatic rings. The van der Waals surface area contributed by atoms with E-state index in [4.69, 9.17) is 0 Å². The van der Waals surface area contributed by atoms with E-state index < -0.39 is 0 Å². The zero-order valence-electron chi connectivity index (χ0n) is 8.95. The first-order valence-corrected chi connectivity index (χ1v) is 6.16. The molecule has 0 aromatic carbocycles. The first kappa shape index (κ1) is 10.2. The van der Waals surface area contributed by atoms with Crippen molar-refractivity contribution in [2.75, 3.05) is 11.9 Å². The maximum absolute atomic E-state index is 4.23. The Hall–Kier alpha value is -2.02. The van der Waals surface area contributed by atoms with Crippen molar-refractivity contribution >= 4 is 22.8 Å². The van der Waals surface area contributed by atoms with Crippen molar-refractivity contribution in [3.8, 4) is 0 Å². The first-order chi connectivity index (χ1) is 8.42. The second-order valence-corrected chi connectivity index (χ2v) is 4.33. The second kappa shape index (κ2) is 4.46. The van der Waals surface area contributed by atoms with Crippen molar-refractivity contribution in [1.82, 2.24) is 25.3 Å². The quantitative estimate of drug-likeness (QED) is 0.750. The molecule has 3 aromatic heterocycles. The molecule has 6 nitrogen and oxygen atoms in total. The molecule has 86 valence electrons. The van der Waals surface area contributed by atoms with Gasteiger partial charge < -0.3 is 5.32 Å². The van der Waals surface area contributed by atoms with E-state index >= 15 is 0 Å². The third-order valence-electron chi connectivity index (χ3n) is 2.37. The zero-order chi connectivity index (χ0) is 11.5. The number of rotatable bonds is 4. The minimum absolute atomic E-state index is 0.647. The van der Waals surface area contributed by atoms with Gasteiger partial charge in [-0.3, -0.25) is 0 Å². The fraction of sp³-hybridized carbons (Fsp3) is 0.200. The molecule has 0 radical (unpaired) electrons. The molecule has 3 rings (SSSR count). The summed E-state index contributed by atoms with van der Waals surface area (Å²) in [6, 6.07) is 5.84. The van der Waals surface area contributed by atoms with Crippen LogP contribution in [0.2, 0.25) is 0 Å². The number of thiophene rings is 1. The lowest BCUT2D eigenvalue weighted by molar-refractivity contribution is 0.734. The lowest BCUT2D eigenvalue weighted by Gasteiger charge is -2.03. The SMILES string of the molecule is c1cc(CCNc2ccc3nnnn3n2)cs1.